The molecule has 1 rings (SSSR count). The van der Waals surface area contributed by atoms with Gasteiger partial charge in [0, 0.05) is 12.3 Å². The number of carbonyl (C=O) groups excluding carboxylic acids is 1. The lowest BCUT2D eigenvalue weighted by atomic mass is 9.89. The van der Waals surface area contributed by atoms with Gasteiger partial charge in [0.25, 0.3) is 10.1 Å². The van der Waals surface area contributed by atoms with Gasteiger partial charge in [-0.2, -0.15) is 8.42 Å². The smallest absolute Gasteiger partial charge is 0.303 e. The van der Waals surface area contributed by atoms with E-state index in [2.05, 4.69) is 0 Å². The highest BCUT2D eigenvalue weighted by Gasteiger charge is 2.45. The molecule has 0 N–H and O–H groups in total. The molecular weight excluding hydrogens is 244 g/mol. The van der Waals surface area contributed by atoms with E-state index in [0.717, 1.165) is 11.8 Å². The summed E-state index contributed by atoms with van der Waals surface area (Å²) in [4.78, 5) is 11.1. The Morgan fingerprint density at radius 2 is 1.94 bits per heavy atom. The standard InChI is InChI=1S/C11H18O5S/c1-7-6-11(3,4)10(15-8(2)12)9(7)16-17(5,13)14/h6,9-10H,1-5H3. The van der Waals surface area contributed by atoms with E-state index in [1.54, 1.807) is 6.92 Å². The third-order valence-corrected chi connectivity index (χ3v) is 3.19. The van der Waals surface area contributed by atoms with Gasteiger partial charge < -0.3 is 4.74 Å². The molecule has 0 heterocycles. The van der Waals surface area contributed by atoms with Crippen molar-refractivity contribution in [2.24, 2.45) is 5.41 Å². The van der Waals surface area contributed by atoms with Crippen LogP contribution in [0.2, 0.25) is 0 Å². The molecule has 0 saturated carbocycles. The quantitative estimate of drug-likeness (QED) is 0.435. The van der Waals surface area contributed by atoms with E-state index in [9.17, 15) is 13.2 Å². The molecule has 0 aromatic heterocycles. The molecule has 17 heavy (non-hydrogen) atoms. The fourth-order valence-electron chi connectivity index (χ4n) is 2.09. The van der Waals surface area contributed by atoms with Crippen molar-refractivity contribution in [1.82, 2.24) is 0 Å². The summed E-state index contributed by atoms with van der Waals surface area (Å²) in [5, 5.41) is 0. The zero-order chi connectivity index (χ0) is 13.4. The van der Waals surface area contributed by atoms with Crippen molar-refractivity contribution in [3.63, 3.8) is 0 Å². The van der Waals surface area contributed by atoms with Crippen molar-refractivity contribution in [3.05, 3.63) is 11.6 Å². The van der Waals surface area contributed by atoms with Crippen LogP contribution in [0.3, 0.4) is 0 Å². The van der Waals surface area contributed by atoms with Crippen molar-refractivity contribution in [2.45, 2.75) is 39.9 Å². The average molecular weight is 262 g/mol. The van der Waals surface area contributed by atoms with Gasteiger partial charge >= 0.3 is 5.97 Å². The molecule has 0 aromatic carbocycles. The Balaban J connectivity index is 3.01. The topological polar surface area (TPSA) is 69.7 Å². The summed E-state index contributed by atoms with van der Waals surface area (Å²) in [5.74, 6) is -0.451. The van der Waals surface area contributed by atoms with Crippen LogP contribution in [-0.4, -0.2) is 32.9 Å². The van der Waals surface area contributed by atoms with Crippen LogP contribution in [-0.2, 0) is 23.8 Å². The summed E-state index contributed by atoms with van der Waals surface area (Å²) in [6.07, 6.45) is 1.51. The molecular formula is C11H18O5S. The first-order chi connectivity index (χ1) is 7.53. The van der Waals surface area contributed by atoms with Gasteiger partial charge in [-0.05, 0) is 12.5 Å². The molecule has 2 atom stereocenters. The summed E-state index contributed by atoms with van der Waals surface area (Å²) in [7, 11) is -3.59. The van der Waals surface area contributed by atoms with Gasteiger partial charge in [0.2, 0.25) is 0 Å². The van der Waals surface area contributed by atoms with E-state index in [0.29, 0.717) is 0 Å². The highest BCUT2D eigenvalue weighted by Crippen LogP contribution is 2.39. The van der Waals surface area contributed by atoms with E-state index < -0.39 is 33.7 Å². The second kappa shape index (κ2) is 4.42. The lowest BCUT2D eigenvalue weighted by molar-refractivity contribution is -0.154. The molecule has 0 spiro atoms. The van der Waals surface area contributed by atoms with Crippen LogP contribution in [0.5, 0.6) is 0 Å². The van der Waals surface area contributed by atoms with Crippen molar-refractivity contribution in [3.8, 4) is 0 Å². The first-order valence-electron chi connectivity index (χ1n) is 5.28. The molecule has 0 saturated heterocycles. The zero-order valence-electron chi connectivity index (χ0n) is 10.7. The van der Waals surface area contributed by atoms with Gasteiger partial charge in [0.1, 0.15) is 12.2 Å². The molecule has 1 aliphatic carbocycles. The summed E-state index contributed by atoms with van der Waals surface area (Å²) in [6, 6.07) is 0. The third-order valence-electron chi connectivity index (χ3n) is 2.63. The minimum atomic E-state index is -3.59. The minimum absolute atomic E-state index is 0.439. The molecule has 0 amide bonds. The maximum Gasteiger partial charge on any atom is 0.303 e. The van der Waals surface area contributed by atoms with Gasteiger partial charge in [-0.3, -0.25) is 8.98 Å². The molecule has 0 bridgehead atoms. The maximum atomic E-state index is 11.2. The summed E-state index contributed by atoms with van der Waals surface area (Å²) < 4.78 is 32.5. The fourth-order valence-corrected chi connectivity index (χ4v) is 2.72. The van der Waals surface area contributed by atoms with E-state index >= 15 is 0 Å². The Morgan fingerprint density at radius 3 is 2.35 bits per heavy atom. The van der Waals surface area contributed by atoms with E-state index in [1.807, 2.05) is 19.9 Å². The van der Waals surface area contributed by atoms with E-state index in [1.165, 1.54) is 6.92 Å². The first kappa shape index (κ1) is 14.2. The van der Waals surface area contributed by atoms with Crippen molar-refractivity contribution in [2.75, 3.05) is 6.26 Å². The van der Waals surface area contributed by atoms with Crippen molar-refractivity contribution < 1.29 is 22.1 Å². The molecule has 0 aromatic rings. The Bertz CT molecular complexity index is 446. The lowest BCUT2D eigenvalue weighted by Gasteiger charge is -2.29. The normalized spacial score (nSPS) is 27.7. The molecule has 2 unspecified atom stereocenters. The van der Waals surface area contributed by atoms with Crippen molar-refractivity contribution >= 4 is 16.1 Å². The second-order valence-electron chi connectivity index (χ2n) is 4.96. The van der Waals surface area contributed by atoms with Crippen LogP contribution in [0.4, 0.5) is 0 Å². The highest BCUT2D eigenvalue weighted by atomic mass is 32.2. The number of carbonyl (C=O) groups is 1. The van der Waals surface area contributed by atoms with Crippen LogP contribution in [0.1, 0.15) is 27.7 Å². The van der Waals surface area contributed by atoms with Gasteiger partial charge in [-0.15, -0.1) is 0 Å². The number of hydrogen-bond donors (Lipinski definition) is 0. The Kier molecular flexibility index (Phi) is 3.69. The van der Waals surface area contributed by atoms with Crippen LogP contribution in [0, 0.1) is 5.41 Å². The third kappa shape index (κ3) is 3.54. The van der Waals surface area contributed by atoms with Crippen molar-refractivity contribution in [1.29, 1.82) is 0 Å². The van der Waals surface area contributed by atoms with E-state index in [4.69, 9.17) is 8.92 Å². The number of hydrogen-bond acceptors (Lipinski definition) is 5. The zero-order valence-corrected chi connectivity index (χ0v) is 11.5. The highest BCUT2D eigenvalue weighted by molar-refractivity contribution is 7.86. The summed E-state index contributed by atoms with van der Waals surface area (Å²) in [5.41, 5.74) is 0.317. The Morgan fingerprint density at radius 1 is 1.41 bits per heavy atom. The fraction of sp³-hybridized carbons (Fsp3) is 0.727. The van der Waals surface area contributed by atoms with E-state index in [-0.39, 0.29) is 0 Å². The summed E-state index contributed by atoms with van der Waals surface area (Å²) in [6.45, 7) is 6.80. The minimum Gasteiger partial charge on any atom is -0.458 e. The monoisotopic (exact) mass is 262 g/mol. The Hall–Kier alpha value is -0.880. The van der Waals surface area contributed by atoms with Gasteiger partial charge in [-0.25, -0.2) is 0 Å². The molecule has 6 heteroatoms. The second-order valence-corrected chi connectivity index (χ2v) is 6.56. The van der Waals surface area contributed by atoms with Crippen LogP contribution in [0.25, 0.3) is 0 Å². The molecule has 0 fully saturated rings. The van der Waals surface area contributed by atoms with Crippen LogP contribution >= 0.6 is 0 Å². The number of esters is 1. The maximum absolute atomic E-state index is 11.2. The largest absolute Gasteiger partial charge is 0.458 e. The number of rotatable bonds is 3. The van der Waals surface area contributed by atoms with Gasteiger partial charge in [0.05, 0.1) is 6.26 Å². The van der Waals surface area contributed by atoms with Crippen LogP contribution < -0.4 is 0 Å². The first-order valence-corrected chi connectivity index (χ1v) is 7.09. The molecule has 98 valence electrons. The van der Waals surface area contributed by atoms with Gasteiger partial charge in [-0.1, -0.05) is 19.9 Å². The van der Waals surface area contributed by atoms with Gasteiger partial charge in [0.15, 0.2) is 0 Å². The molecule has 1 aliphatic rings. The lowest BCUT2D eigenvalue weighted by Crippen LogP contribution is -2.39. The average Bonchev–Trinajstić information content (AvgIpc) is 2.24. The predicted molar refractivity (Wildman–Crippen MR) is 62.8 cm³/mol. The SMILES string of the molecule is CC(=O)OC1C(OS(C)(=O)=O)C(C)=CC1(C)C. The summed E-state index contributed by atoms with van der Waals surface area (Å²) >= 11 is 0. The molecule has 0 radical (unpaired) electrons. The molecule has 0 aliphatic heterocycles. The Labute approximate surface area is 102 Å². The number of ether oxygens (including phenoxy) is 1. The molecule has 5 nitrogen and oxygen atoms in total. The van der Waals surface area contributed by atoms with Crippen LogP contribution in [0.15, 0.2) is 11.6 Å². The predicted octanol–water partition coefficient (Wildman–Crippen LogP) is 1.25.